The SMILES string of the molecule is c1ccc(CCCCC2=N[C@@H](c3ccccc3)[C@@H](c3ccccc3)N2)cc1. The Morgan fingerprint density at radius 2 is 1.19 bits per heavy atom. The number of nitrogens with one attached hydrogen (secondary N) is 1. The van der Waals surface area contributed by atoms with Crippen LogP contribution in [-0.4, -0.2) is 5.84 Å². The predicted octanol–water partition coefficient (Wildman–Crippen LogP) is 5.88. The van der Waals surface area contributed by atoms with Gasteiger partial charge in [-0.3, -0.25) is 4.99 Å². The molecule has 3 aromatic carbocycles. The molecule has 2 nitrogen and oxygen atoms in total. The number of amidine groups is 1. The van der Waals surface area contributed by atoms with E-state index < -0.39 is 0 Å². The number of aliphatic imine (C=N–C) groups is 1. The van der Waals surface area contributed by atoms with Crippen molar-refractivity contribution in [1.82, 2.24) is 5.32 Å². The average Bonchev–Trinajstić information content (AvgIpc) is 3.18. The number of hydrogen-bond acceptors (Lipinski definition) is 2. The summed E-state index contributed by atoms with van der Waals surface area (Å²) < 4.78 is 0. The first-order chi connectivity index (χ1) is 13.4. The molecule has 2 heteroatoms. The Bertz CT molecular complexity index is 857. The Hall–Kier alpha value is -2.87. The smallest absolute Gasteiger partial charge is 0.101 e. The van der Waals surface area contributed by atoms with Gasteiger partial charge >= 0.3 is 0 Å². The maximum atomic E-state index is 5.07. The molecule has 1 aliphatic heterocycles. The molecule has 0 amide bonds. The molecule has 4 rings (SSSR count). The van der Waals surface area contributed by atoms with Crippen molar-refractivity contribution >= 4 is 5.84 Å². The fourth-order valence-electron chi connectivity index (χ4n) is 3.78. The lowest BCUT2D eigenvalue weighted by molar-refractivity contribution is 0.571. The van der Waals surface area contributed by atoms with E-state index in [2.05, 4.69) is 96.3 Å². The van der Waals surface area contributed by atoms with Gasteiger partial charge in [0.2, 0.25) is 0 Å². The van der Waals surface area contributed by atoms with Gasteiger partial charge in [-0.1, -0.05) is 91.0 Å². The second-order valence-corrected chi connectivity index (χ2v) is 7.16. The normalized spacial score (nSPS) is 18.7. The third-order valence-corrected chi connectivity index (χ3v) is 5.20. The van der Waals surface area contributed by atoms with Gasteiger partial charge in [0.25, 0.3) is 0 Å². The Morgan fingerprint density at radius 1 is 0.630 bits per heavy atom. The molecule has 1 aliphatic rings. The van der Waals surface area contributed by atoms with Crippen molar-refractivity contribution in [2.75, 3.05) is 0 Å². The zero-order valence-corrected chi connectivity index (χ0v) is 15.6. The van der Waals surface area contributed by atoms with Crippen molar-refractivity contribution in [3.05, 3.63) is 108 Å². The Balaban J connectivity index is 1.42. The van der Waals surface area contributed by atoms with Crippen LogP contribution in [0.5, 0.6) is 0 Å². The molecule has 2 atom stereocenters. The van der Waals surface area contributed by atoms with Gasteiger partial charge in [0.05, 0.1) is 11.9 Å². The highest BCUT2D eigenvalue weighted by atomic mass is 15.1. The fourth-order valence-corrected chi connectivity index (χ4v) is 3.78. The van der Waals surface area contributed by atoms with Crippen LogP contribution in [0.1, 0.15) is 48.0 Å². The maximum absolute atomic E-state index is 5.07. The molecule has 0 unspecified atom stereocenters. The topological polar surface area (TPSA) is 24.4 Å². The summed E-state index contributed by atoms with van der Waals surface area (Å²) in [4.78, 5) is 5.07. The predicted molar refractivity (Wildman–Crippen MR) is 113 cm³/mol. The minimum absolute atomic E-state index is 0.151. The van der Waals surface area contributed by atoms with Crippen molar-refractivity contribution in [3.63, 3.8) is 0 Å². The van der Waals surface area contributed by atoms with Crippen LogP contribution in [0.3, 0.4) is 0 Å². The van der Waals surface area contributed by atoms with Crippen LogP contribution in [0.4, 0.5) is 0 Å². The molecule has 0 saturated heterocycles. The van der Waals surface area contributed by atoms with E-state index >= 15 is 0 Å². The first kappa shape index (κ1) is 17.5. The van der Waals surface area contributed by atoms with Crippen LogP contribution in [0.25, 0.3) is 0 Å². The maximum Gasteiger partial charge on any atom is 0.101 e. The van der Waals surface area contributed by atoms with E-state index in [1.54, 1.807) is 0 Å². The van der Waals surface area contributed by atoms with Crippen molar-refractivity contribution in [3.8, 4) is 0 Å². The van der Waals surface area contributed by atoms with E-state index in [-0.39, 0.29) is 12.1 Å². The van der Waals surface area contributed by atoms with E-state index in [1.807, 2.05) is 0 Å². The number of benzene rings is 3. The summed E-state index contributed by atoms with van der Waals surface area (Å²) in [5.41, 5.74) is 4.00. The van der Waals surface area contributed by atoms with E-state index in [0.29, 0.717) is 0 Å². The number of aryl methyl sites for hydroxylation is 1. The van der Waals surface area contributed by atoms with E-state index in [4.69, 9.17) is 4.99 Å². The largest absolute Gasteiger partial charge is 0.364 e. The van der Waals surface area contributed by atoms with Gasteiger partial charge in [-0.25, -0.2) is 0 Å². The number of rotatable bonds is 7. The lowest BCUT2D eigenvalue weighted by Gasteiger charge is -2.19. The molecule has 0 saturated carbocycles. The second kappa shape index (κ2) is 8.68. The van der Waals surface area contributed by atoms with Crippen molar-refractivity contribution in [2.45, 2.75) is 37.8 Å². The molecular formula is C25H26N2. The van der Waals surface area contributed by atoms with Crippen LogP contribution >= 0.6 is 0 Å². The summed E-state index contributed by atoms with van der Waals surface area (Å²) in [5.74, 6) is 1.14. The van der Waals surface area contributed by atoms with E-state index in [0.717, 1.165) is 25.1 Å². The van der Waals surface area contributed by atoms with Gasteiger partial charge in [-0.15, -0.1) is 0 Å². The zero-order valence-electron chi connectivity index (χ0n) is 15.6. The van der Waals surface area contributed by atoms with Crippen molar-refractivity contribution in [1.29, 1.82) is 0 Å². The van der Waals surface area contributed by atoms with Crippen molar-refractivity contribution < 1.29 is 0 Å². The third kappa shape index (κ3) is 4.46. The highest BCUT2D eigenvalue weighted by molar-refractivity contribution is 5.85. The Labute approximate surface area is 162 Å². The summed E-state index contributed by atoms with van der Waals surface area (Å²) in [6, 6.07) is 32.4. The molecule has 1 heterocycles. The molecule has 136 valence electrons. The summed E-state index contributed by atoms with van der Waals surface area (Å²) >= 11 is 0. The van der Waals surface area contributed by atoms with Gasteiger partial charge in [-0.2, -0.15) is 0 Å². The number of hydrogen-bond donors (Lipinski definition) is 1. The van der Waals surface area contributed by atoms with Crippen LogP contribution in [0.2, 0.25) is 0 Å². The van der Waals surface area contributed by atoms with Crippen LogP contribution < -0.4 is 5.32 Å². The number of nitrogens with zero attached hydrogens (tertiary/aromatic N) is 1. The minimum Gasteiger partial charge on any atom is -0.364 e. The van der Waals surface area contributed by atoms with Crippen molar-refractivity contribution in [2.24, 2.45) is 4.99 Å². The number of unbranched alkanes of at least 4 members (excludes halogenated alkanes) is 1. The van der Waals surface area contributed by atoms with E-state index in [9.17, 15) is 0 Å². The summed E-state index contributed by atoms with van der Waals surface area (Å²) in [5, 5.41) is 3.70. The van der Waals surface area contributed by atoms with E-state index in [1.165, 1.54) is 23.1 Å². The summed E-state index contributed by atoms with van der Waals surface area (Å²) in [6.07, 6.45) is 4.50. The highest BCUT2D eigenvalue weighted by Crippen LogP contribution is 2.36. The van der Waals surface area contributed by atoms with Crippen LogP contribution in [0.15, 0.2) is 96.0 Å². The highest BCUT2D eigenvalue weighted by Gasteiger charge is 2.30. The molecule has 0 bridgehead atoms. The standard InChI is InChI=1S/C25H26N2/c1-4-12-20(13-5-1)14-10-11-19-23-26-24(21-15-6-2-7-16-21)25(27-23)22-17-8-3-9-18-22/h1-9,12-13,15-18,24-25H,10-11,14,19H2,(H,26,27)/t24-,25+. The zero-order chi connectivity index (χ0) is 18.3. The molecule has 0 aromatic heterocycles. The van der Waals surface area contributed by atoms with Gasteiger partial charge in [0.1, 0.15) is 6.04 Å². The minimum atomic E-state index is 0.151. The molecule has 0 fully saturated rings. The van der Waals surface area contributed by atoms with Crippen LogP contribution in [-0.2, 0) is 6.42 Å². The first-order valence-corrected chi connectivity index (χ1v) is 9.87. The fraction of sp³-hybridized carbons (Fsp3) is 0.240. The van der Waals surface area contributed by atoms with Crippen LogP contribution in [0, 0.1) is 0 Å². The third-order valence-electron chi connectivity index (χ3n) is 5.20. The average molecular weight is 354 g/mol. The quantitative estimate of drug-likeness (QED) is 0.526. The molecule has 0 aliphatic carbocycles. The molecule has 3 aromatic rings. The Kier molecular flexibility index (Phi) is 5.64. The monoisotopic (exact) mass is 354 g/mol. The molecule has 1 N–H and O–H groups in total. The molecule has 27 heavy (non-hydrogen) atoms. The summed E-state index contributed by atoms with van der Waals surface area (Å²) in [7, 11) is 0. The summed E-state index contributed by atoms with van der Waals surface area (Å²) in [6.45, 7) is 0. The van der Waals surface area contributed by atoms with Gasteiger partial charge < -0.3 is 5.32 Å². The van der Waals surface area contributed by atoms with Gasteiger partial charge in [0.15, 0.2) is 0 Å². The lowest BCUT2D eigenvalue weighted by Crippen LogP contribution is -2.24. The molecule has 0 radical (unpaired) electrons. The molecular weight excluding hydrogens is 328 g/mol. The van der Waals surface area contributed by atoms with Gasteiger partial charge in [0, 0.05) is 6.42 Å². The second-order valence-electron chi connectivity index (χ2n) is 7.16. The molecule has 0 spiro atoms. The van der Waals surface area contributed by atoms with Gasteiger partial charge in [-0.05, 0) is 36.0 Å². The lowest BCUT2D eigenvalue weighted by atomic mass is 9.95. The first-order valence-electron chi connectivity index (χ1n) is 9.87. The Morgan fingerprint density at radius 3 is 1.85 bits per heavy atom.